The molecule has 0 saturated carbocycles. The number of aromatic nitrogens is 2. The minimum Gasteiger partial charge on any atom is -0.492 e. The molecule has 2 aromatic rings. The van der Waals surface area contributed by atoms with Crippen molar-refractivity contribution in [2.75, 3.05) is 44.6 Å². The first-order valence-corrected chi connectivity index (χ1v) is 9.47. The lowest BCUT2D eigenvalue weighted by Crippen LogP contribution is -2.48. The van der Waals surface area contributed by atoms with Gasteiger partial charge in [0.15, 0.2) is 0 Å². The molecule has 1 aliphatic rings. The average Bonchev–Trinajstić information content (AvgIpc) is 2.69. The first kappa shape index (κ1) is 19.1. The molecular formula is C20H27N5O2. The molecule has 1 aliphatic heterocycles. The Morgan fingerprint density at radius 2 is 1.89 bits per heavy atom. The lowest BCUT2D eigenvalue weighted by atomic mass is 10.2. The number of aryl methyl sites for hydroxylation is 1. The summed E-state index contributed by atoms with van der Waals surface area (Å²) in [7, 11) is 0. The van der Waals surface area contributed by atoms with Crippen LogP contribution in [0.2, 0.25) is 0 Å². The molecule has 0 unspecified atom stereocenters. The van der Waals surface area contributed by atoms with Crippen molar-refractivity contribution in [1.82, 2.24) is 19.8 Å². The lowest BCUT2D eigenvalue weighted by molar-refractivity contribution is 0.0637. The van der Waals surface area contributed by atoms with E-state index in [9.17, 15) is 4.79 Å². The second-order valence-electron chi connectivity index (χ2n) is 6.50. The lowest BCUT2D eigenvalue weighted by Gasteiger charge is -2.33. The van der Waals surface area contributed by atoms with Gasteiger partial charge in [-0.3, -0.25) is 4.79 Å². The maximum absolute atomic E-state index is 12.9. The summed E-state index contributed by atoms with van der Waals surface area (Å²) in [4.78, 5) is 26.0. The molecule has 0 bridgehead atoms. The third-order valence-corrected chi connectivity index (χ3v) is 4.61. The summed E-state index contributed by atoms with van der Waals surface area (Å²) in [5, 5.41) is 3.19. The van der Waals surface area contributed by atoms with E-state index in [1.807, 2.05) is 43.0 Å². The van der Waals surface area contributed by atoms with Crippen LogP contribution in [0.1, 0.15) is 30.0 Å². The van der Waals surface area contributed by atoms with E-state index < -0.39 is 0 Å². The Kier molecular flexibility index (Phi) is 6.24. The van der Waals surface area contributed by atoms with Gasteiger partial charge in [-0.25, -0.2) is 9.97 Å². The molecule has 2 heterocycles. The summed E-state index contributed by atoms with van der Waals surface area (Å²) in [5.74, 6) is 1.09. The number of amides is 1. The average molecular weight is 369 g/mol. The molecule has 27 heavy (non-hydrogen) atoms. The fraction of sp³-hybridized carbons (Fsp3) is 0.450. The van der Waals surface area contributed by atoms with Gasteiger partial charge in [0, 0.05) is 31.9 Å². The summed E-state index contributed by atoms with van der Waals surface area (Å²) in [6, 6.07) is 9.37. The largest absolute Gasteiger partial charge is 0.492 e. The Bertz CT molecular complexity index is 788. The minimum atomic E-state index is -0.0441. The first-order chi connectivity index (χ1) is 13.1. The highest BCUT2D eigenvalue weighted by Crippen LogP contribution is 2.26. The molecule has 0 atom stereocenters. The predicted octanol–water partition coefficient (Wildman–Crippen LogP) is 2.71. The Balaban J connectivity index is 1.78. The maximum Gasteiger partial charge on any atom is 0.272 e. The van der Waals surface area contributed by atoms with Crippen LogP contribution in [0.15, 0.2) is 30.3 Å². The molecule has 1 N–H and O–H groups in total. The van der Waals surface area contributed by atoms with Crippen molar-refractivity contribution in [3.05, 3.63) is 41.7 Å². The molecule has 0 aliphatic carbocycles. The molecule has 1 aromatic heterocycles. The van der Waals surface area contributed by atoms with Gasteiger partial charge >= 0.3 is 0 Å². The summed E-state index contributed by atoms with van der Waals surface area (Å²) in [6.07, 6.45) is 0. The van der Waals surface area contributed by atoms with E-state index in [0.717, 1.165) is 49.9 Å². The molecule has 1 aromatic carbocycles. The Hall–Kier alpha value is -2.67. The molecule has 1 fully saturated rings. The van der Waals surface area contributed by atoms with Gasteiger partial charge in [0.25, 0.3) is 5.91 Å². The second kappa shape index (κ2) is 8.81. The number of carbonyl (C=O) groups is 1. The monoisotopic (exact) mass is 369 g/mol. The minimum absolute atomic E-state index is 0.0441. The number of nitrogens with zero attached hydrogens (tertiary/aromatic N) is 4. The van der Waals surface area contributed by atoms with Crippen molar-refractivity contribution in [2.45, 2.75) is 20.8 Å². The van der Waals surface area contributed by atoms with Gasteiger partial charge in [0.05, 0.1) is 12.3 Å². The highest BCUT2D eigenvalue weighted by molar-refractivity contribution is 5.92. The topological polar surface area (TPSA) is 70.6 Å². The normalized spacial score (nSPS) is 14.9. The summed E-state index contributed by atoms with van der Waals surface area (Å²) in [5.41, 5.74) is 1.95. The Morgan fingerprint density at radius 3 is 2.59 bits per heavy atom. The van der Waals surface area contributed by atoms with Crippen LogP contribution in [0.4, 0.5) is 11.6 Å². The summed E-state index contributed by atoms with van der Waals surface area (Å²) in [6.45, 7) is 10.8. The van der Waals surface area contributed by atoms with E-state index in [2.05, 4.69) is 27.1 Å². The van der Waals surface area contributed by atoms with Crippen LogP contribution in [0.3, 0.4) is 0 Å². The number of para-hydroxylation sites is 2. The van der Waals surface area contributed by atoms with E-state index in [4.69, 9.17) is 4.74 Å². The van der Waals surface area contributed by atoms with Gasteiger partial charge in [-0.2, -0.15) is 0 Å². The first-order valence-electron chi connectivity index (χ1n) is 9.47. The summed E-state index contributed by atoms with van der Waals surface area (Å²) < 4.78 is 5.64. The summed E-state index contributed by atoms with van der Waals surface area (Å²) >= 11 is 0. The quantitative estimate of drug-likeness (QED) is 0.844. The van der Waals surface area contributed by atoms with Crippen molar-refractivity contribution >= 4 is 17.5 Å². The zero-order valence-corrected chi connectivity index (χ0v) is 16.2. The number of carbonyl (C=O) groups excluding carboxylic acids is 1. The van der Waals surface area contributed by atoms with Gasteiger partial charge in [-0.05, 0) is 38.6 Å². The van der Waals surface area contributed by atoms with Crippen LogP contribution in [0, 0.1) is 6.92 Å². The van der Waals surface area contributed by atoms with Crippen molar-refractivity contribution in [1.29, 1.82) is 0 Å². The maximum atomic E-state index is 12.9. The van der Waals surface area contributed by atoms with Gasteiger partial charge in [-0.1, -0.05) is 19.1 Å². The van der Waals surface area contributed by atoms with Crippen LogP contribution < -0.4 is 10.1 Å². The molecule has 0 radical (unpaired) electrons. The van der Waals surface area contributed by atoms with E-state index in [-0.39, 0.29) is 5.91 Å². The third-order valence-electron chi connectivity index (χ3n) is 4.61. The number of anilines is 2. The number of rotatable bonds is 6. The smallest absolute Gasteiger partial charge is 0.272 e. The van der Waals surface area contributed by atoms with E-state index in [1.54, 1.807) is 6.07 Å². The van der Waals surface area contributed by atoms with Crippen LogP contribution >= 0.6 is 0 Å². The number of nitrogens with one attached hydrogen (secondary N) is 1. The molecule has 144 valence electrons. The number of hydrogen-bond acceptors (Lipinski definition) is 6. The van der Waals surface area contributed by atoms with Gasteiger partial charge < -0.3 is 19.9 Å². The van der Waals surface area contributed by atoms with Crippen LogP contribution in [0.25, 0.3) is 0 Å². The standard InChI is InChI=1S/C20H27N5O2/c1-4-24-10-12-25(13-11-24)19(26)17-14-15(3)21-20(23-17)22-16-8-6-7-9-18(16)27-5-2/h6-9,14H,4-5,10-13H2,1-3H3,(H,21,22,23). The van der Waals surface area contributed by atoms with Crippen molar-refractivity contribution in [3.63, 3.8) is 0 Å². The fourth-order valence-corrected chi connectivity index (χ4v) is 3.13. The Morgan fingerprint density at radius 1 is 1.15 bits per heavy atom. The number of hydrogen-bond donors (Lipinski definition) is 1. The van der Waals surface area contributed by atoms with Crippen molar-refractivity contribution < 1.29 is 9.53 Å². The molecule has 7 nitrogen and oxygen atoms in total. The zero-order chi connectivity index (χ0) is 19.2. The highest BCUT2D eigenvalue weighted by atomic mass is 16.5. The highest BCUT2D eigenvalue weighted by Gasteiger charge is 2.23. The van der Waals surface area contributed by atoms with E-state index in [1.165, 1.54) is 0 Å². The molecule has 7 heteroatoms. The van der Waals surface area contributed by atoms with Crippen LogP contribution in [-0.2, 0) is 0 Å². The predicted molar refractivity (Wildman–Crippen MR) is 106 cm³/mol. The second-order valence-corrected chi connectivity index (χ2v) is 6.50. The van der Waals surface area contributed by atoms with E-state index in [0.29, 0.717) is 18.2 Å². The number of likely N-dealkylation sites (N-methyl/N-ethyl adjacent to an activating group) is 1. The molecule has 1 saturated heterocycles. The molecule has 0 spiro atoms. The Labute approximate surface area is 160 Å². The SMILES string of the molecule is CCOc1ccccc1Nc1nc(C)cc(C(=O)N2CCN(CC)CC2)n1. The fourth-order valence-electron chi connectivity index (χ4n) is 3.13. The molecular weight excluding hydrogens is 342 g/mol. The van der Waals surface area contributed by atoms with Crippen molar-refractivity contribution in [3.8, 4) is 5.75 Å². The van der Waals surface area contributed by atoms with Crippen LogP contribution in [-0.4, -0.2) is 65.0 Å². The van der Waals surface area contributed by atoms with Gasteiger partial charge in [0.2, 0.25) is 5.95 Å². The third kappa shape index (κ3) is 4.74. The van der Waals surface area contributed by atoms with Gasteiger partial charge in [-0.15, -0.1) is 0 Å². The number of piperazine rings is 1. The number of benzene rings is 1. The number of ether oxygens (including phenoxy) is 1. The molecule has 1 amide bonds. The van der Waals surface area contributed by atoms with Crippen molar-refractivity contribution in [2.24, 2.45) is 0 Å². The van der Waals surface area contributed by atoms with Gasteiger partial charge in [0.1, 0.15) is 11.4 Å². The van der Waals surface area contributed by atoms with E-state index >= 15 is 0 Å². The van der Waals surface area contributed by atoms with Crippen LogP contribution in [0.5, 0.6) is 5.75 Å². The molecule has 3 rings (SSSR count). The zero-order valence-electron chi connectivity index (χ0n) is 16.2.